The lowest BCUT2D eigenvalue weighted by Crippen LogP contribution is -2.22. The first-order chi connectivity index (χ1) is 9.85. The summed E-state index contributed by atoms with van der Waals surface area (Å²) in [5.41, 5.74) is 10.9. The normalized spacial score (nSPS) is 17.3. The van der Waals surface area contributed by atoms with E-state index in [4.69, 9.17) is 5.73 Å². The quantitative estimate of drug-likeness (QED) is 0.899. The largest absolute Gasteiger partial charge is 0.395 e. The number of β-amino-alcohol motifs (C(OH)–C–C–N with tert-alkyl or cyclic N) is 1. The predicted molar refractivity (Wildman–Crippen MR) is 82.5 cm³/mol. The van der Waals surface area contributed by atoms with E-state index in [1.165, 1.54) is 22.5 Å². The van der Waals surface area contributed by atoms with Gasteiger partial charge in [0.05, 0.1) is 6.61 Å². The first-order valence-electron chi connectivity index (χ1n) is 7.10. The van der Waals surface area contributed by atoms with Crippen molar-refractivity contribution in [2.45, 2.75) is 12.3 Å². The summed E-state index contributed by atoms with van der Waals surface area (Å²) in [4.78, 5) is 2.21. The molecule has 2 aromatic carbocycles. The van der Waals surface area contributed by atoms with Crippen molar-refractivity contribution in [3.63, 3.8) is 0 Å². The molecule has 0 bridgehead atoms. The van der Waals surface area contributed by atoms with E-state index in [0.29, 0.717) is 19.0 Å². The molecule has 1 heterocycles. The maximum absolute atomic E-state index is 9.42. The minimum atomic E-state index is 0.135. The summed E-state index contributed by atoms with van der Waals surface area (Å²) in [6.45, 7) is 1.37. The summed E-state index contributed by atoms with van der Waals surface area (Å²) in [6.07, 6.45) is 0.950. The molecule has 104 valence electrons. The second-order valence-corrected chi connectivity index (χ2v) is 5.20. The molecular formula is C17H20N2O. The van der Waals surface area contributed by atoms with Gasteiger partial charge in [-0.15, -0.1) is 0 Å². The maximum atomic E-state index is 9.42. The number of benzene rings is 2. The van der Waals surface area contributed by atoms with Gasteiger partial charge in [-0.25, -0.2) is 0 Å². The van der Waals surface area contributed by atoms with Crippen LogP contribution in [-0.4, -0.2) is 24.8 Å². The smallest absolute Gasteiger partial charge is 0.0610 e. The van der Waals surface area contributed by atoms with Crippen LogP contribution in [-0.2, 0) is 6.42 Å². The van der Waals surface area contributed by atoms with Gasteiger partial charge in [0.25, 0.3) is 0 Å². The summed E-state index contributed by atoms with van der Waals surface area (Å²) < 4.78 is 0. The lowest BCUT2D eigenvalue weighted by atomic mass is 9.92. The summed E-state index contributed by atoms with van der Waals surface area (Å²) in [5.74, 6) is 0.330. The van der Waals surface area contributed by atoms with E-state index in [9.17, 15) is 5.11 Å². The molecule has 3 nitrogen and oxygen atoms in total. The Kier molecular flexibility index (Phi) is 3.72. The zero-order chi connectivity index (χ0) is 13.9. The highest BCUT2D eigenvalue weighted by Crippen LogP contribution is 2.40. The Bertz CT molecular complexity index is 597. The molecule has 0 aromatic heterocycles. The number of rotatable bonds is 3. The van der Waals surface area contributed by atoms with Gasteiger partial charge in [0.15, 0.2) is 0 Å². The van der Waals surface area contributed by atoms with E-state index in [2.05, 4.69) is 47.4 Å². The number of aliphatic hydroxyl groups excluding tert-OH is 1. The number of para-hydroxylation sites is 2. The molecule has 3 rings (SSSR count). The van der Waals surface area contributed by atoms with Crippen LogP contribution in [0.4, 0.5) is 11.4 Å². The fourth-order valence-electron chi connectivity index (χ4n) is 3.08. The number of fused-ring (bicyclic) bond motifs is 2. The standard InChI is InChI=1S/C17H20N2O/c18-12-14-11-13-5-1-3-7-16(13)19(9-10-20)17-8-4-2-6-15(14)17/h1-8,14,20H,9-12,18H2/t14-/m1/s1. The fourth-order valence-corrected chi connectivity index (χ4v) is 3.08. The molecule has 0 spiro atoms. The van der Waals surface area contributed by atoms with Crippen LogP contribution in [0.5, 0.6) is 0 Å². The van der Waals surface area contributed by atoms with Gasteiger partial charge >= 0.3 is 0 Å². The van der Waals surface area contributed by atoms with Gasteiger partial charge in [-0.3, -0.25) is 0 Å². The predicted octanol–water partition coefficient (Wildman–Crippen LogP) is 2.42. The van der Waals surface area contributed by atoms with Crippen molar-refractivity contribution in [3.8, 4) is 0 Å². The highest BCUT2D eigenvalue weighted by molar-refractivity contribution is 5.72. The molecule has 1 atom stereocenters. The summed E-state index contributed by atoms with van der Waals surface area (Å²) in [5, 5.41) is 9.42. The second kappa shape index (κ2) is 5.65. The molecule has 3 N–H and O–H groups in total. The van der Waals surface area contributed by atoms with Gasteiger partial charge in [-0.2, -0.15) is 0 Å². The van der Waals surface area contributed by atoms with E-state index in [0.717, 1.165) is 6.42 Å². The van der Waals surface area contributed by atoms with E-state index in [1.54, 1.807) is 0 Å². The van der Waals surface area contributed by atoms with Crippen LogP contribution in [0.1, 0.15) is 17.0 Å². The van der Waals surface area contributed by atoms with Crippen molar-refractivity contribution in [2.24, 2.45) is 5.73 Å². The number of hydrogen-bond donors (Lipinski definition) is 2. The molecule has 1 aliphatic rings. The van der Waals surface area contributed by atoms with Crippen LogP contribution < -0.4 is 10.6 Å². The van der Waals surface area contributed by atoms with Crippen molar-refractivity contribution in [3.05, 3.63) is 59.7 Å². The van der Waals surface area contributed by atoms with Crippen molar-refractivity contribution >= 4 is 11.4 Å². The molecule has 20 heavy (non-hydrogen) atoms. The van der Waals surface area contributed by atoms with Gasteiger partial charge in [-0.1, -0.05) is 36.4 Å². The van der Waals surface area contributed by atoms with E-state index in [-0.39, 0.29) is 6.61 Å². The Morgan fingerprint density at radius 3 is 2.50 bits per heavy atom. The Morgan fingerprint density at radius 1 is 1.05 bits per heavy atom. The molecule has 0 amide bonds. The first kappa shape index (κ1) is 13.2. The van der Waals surface area contributed by atoms with Crippen LogP contribution in [0.25, 0.3) is 0 Å². The molecule has 2 aromatic rings. The molecule has 0 saturated heterocycles. The van der Waals surface area contributed by atoms with Crippen LogP contribution in [0, 0.1) is 0 Å². The van der Waals surface area contributed by atoms with Crippen molar-refractivity contribution in [1.29, 1.82) is 0 Å². The number of nitrogens with zero attached hydrogens (tertiary/aromatic N) is 1. The van der Waals surface area contributed by atoms with Gasteiger partial charge < -0.3 is 15.7 Å². The minimum Gasteiger partial charge on any atom is -0.395 e. The molecule has 0 saturated carbocycles. The molecule has 0 unspecified atom stereocenters. The second-order valence-electron chi connectivity index (χ2n) is 5.20. The van der Waals surface area contributed by atoms with Crippen LogP contribution in [0.3, 0.4) is 0 Å². The maximum Gasteiger partial charge on any atom is 0.0610 e. The Balaban J connectivity index is 2.19. The molecule has 1 aliphatic heterocycles. The third-order valence-corrected chi connectivity index (χ3v) is 4.02. The van der Waals surface area contributed by atoms with E-state index < -0.39 is 0 Å². The lowest BCUT2D eigenvalue weighted by molar-refractivity contribution is 0.305. The lowest BCUT2D eigenvalue weighted by Gasteiger charge is -2.26. The monoisotopic (exact) mass is 268 g/mol. The van der Waals surface area contributed by atoms with E-state index in [1.807, 2.05) is 6.07 Å². The first-order valence-corrected chi connectivity index (χ1v) is 7.10. The van der Waals surface area contributed by atoms with Gasteiger partial charge in [0, 0.05) is 23.8 Å². The van der Waals surface area contributed by atoms with Crippen LogP contribution in [0.2, 0.25) is 0 Å². The SMILES string of the molecule is NC[C@H]1Cc2ccccc2N(CCO)c2ccccc21. The van der Waals surface area contributed by atoms with Gasteiger partial charge in [-0.05, 0) is 36.2 Å². The Hall–Kier alpha value is -1.84. The van der Waals surface area contributed by atoms with Crippen LogP contribution in [0.15, 0.2) is 48.5 Å². The van der Waals surface area contributed by atoms with Crippen molar-refractivity contribution in [1.82, 2.24) is 0 Å². The Morgan fingerprint density at radius 2 is 1.75 bits per heavy atom. The molecule has 0 radical (unpaired) electrons. The van der Waals surface area contributed by atoms with Crippen molar-refractivity contribution in [2.75, 3.05) is 24.6 Å². The average molecular weight is 268 g/mol. The summed E-state index contributed by atoms with van der Waals surface area (Å²) in [7, 11) is 0. The molecular weight excluding hydrogens is 248 g/mol. The number of hydrogen-bond acceptors (Lipinski definition) is 3. The molecule has 0 fully saturated rings. The summed E-state index contributed by atoms with van der Waals surface area (Å²) in [6, 6.07) is 16.8. The number of anilines is 2. The number of aliphatic hydroxyl groups is 1. The van der Waals surface area contributed by atoms with Crippen molar-refractivity contribution < 1.29 is 5.11 Å². The van der Waals surface area contributed by atoms with Crippen LogP contribution >= 0.6 is 0 Å². The third-order valence-electron chi connectivity index (χ3n) is 4.02. The highest BCUT2D eigenvalue weighted by atomic mass is 16.3. The average Bonchev–Trinajstić information content (AvgIpc) is 2.63. The highest BCUT2D eigenvalue weighted by Gasteiger charge is 2.25. The molecule has 0 aliphatic carbocycles. The number of nitrogens with two attached hydrogens (primary N) is 1. The van der Waals surface area contributed by atoms with Gasteiger partial charge in [0.2, 0.25) is 0 Å². The summed E-state index contributed by atoms with van der Waals surface area (Å²) >= 11 is 0. The topological polar surface area (TPSA) is 49.5 Å². The third kappa shape index (κ3) is 2.19. The Labute approximate surface area is 119 Å². The zero-order valence-corrected chi connectivity index (χ0v) is 11.5. The zero-order valence-electron chi connectivity index (χ0n) is 11.5. The molecule has 3 heteroatoms. The van der Waals surface area contributed by atoms with E-state index >= 15 is 0 Å². The minimum absolute atomic E-state index is 0.135. The van der Waals surface area contributed by atoms with Gasteiger partial charge in [0.1, 0.15) is 0 Å². The fraction of sp³-hybridized carbons (Fsp3) is 0.294.